The van der Waals surface area contributed by atoms with Crippen LogP contribution in [0, 0.1) is 0 Å². The molecular formula is C24H21NSSi. The van der Waals surface area contributed by atoms with Crippen LogP contribution in [0.1, 0.15) is 0 Å². The number of nitrogens with zero attached hydrogens (tertiary/aromatic N) is 1. The molecule has 2 heterocycles. The third-order valence-electron chi connectivity index (χ3n) is 5.24. The first-order chi connectivity index (χ1) is 13.0. The summed E-state index contributed by atoms with van der Waals surface area (Å²) in [5.74, 6) is 0. The van der Waals surface area contributed by atoms with Crippen LogP contribution in [0.4, 0.5) is 0 Å². The van der Waals surface area contributed by atoms with E-state index in [2.05, 4.69) is 91.8 Å². The molecule has 3 aromatic carbocycles. The molecule has 0 saturated heterocycles. The second kappa shape index (κ2) is 6.01. The van der Waals surface area contributed by atoms with Crippen molar-refractivity contribution in [3.8, 4) is 11.3 Å². The molecule has 0 saturated carbocycles. The van der Waals surface area contributed by atoms with Crippen molar-refractivity contribution in [3.63, 3.8) is 0 Å². The number of para-hydroxylation sites is 1. The van der Waals surface area contributed by atoms with E-state index in [4.69, 9.17) is 4.98 Å². The van der Waals surface area contributed by atoms with E-state index in [1.807, 2.05) is 11.3 Å². The van der Waals surface area contributed by atoms with Crippen molar-refractivity contribution in [2.75, 3.05) is 0 Å². The molecule has 0 amide bonds. The van der Waals surface area contributed by atoms with Gasteiger partial charge < -0.3 is 0 Å². The van der Waals surface area contributed by atoms with Gasteiger partial charge in [0.2, 0.25) is 0 Å². The summed E-state index contributed by atoms with van der Waals surface area (Å²) in [6.07, 6.45) is 0. The number of aromatic nitrogens is 1. The van der Waals surface area contributed by atoms with Gasteiger partial charge in [0.05, 0.1) is 19.3 Å². The van der Waals surface area contributed by atoms with E-state index in [1.54, 1.807) is 0 Å². The van der Waals surface area contributed by atoms with Crippen LogP contribution in [-0.4, -0.2) is 13.1 Å². The number of thiophene rings is 1. The van der Waals surface area contributed by atoms with Gasteiger partial charge >= 0.3 is 0 Å². The van der Waals surface area contributed by atoms with Crippen molar-refractivity contribution < 1.29 is 0 Å². The molecular weight excluding hydrogens is 362 g/mol. The van der Waals surface area contributed by atoms with Gasteiger partial charge in [-0.2, -0.15) is 0 Å². The molecule has 5 rings (SSSR count). The Hall–Kier alpha value is -2.49. The number of hydrogen-bond acceptors (Lipinski definition) is 2. The molecule has 0 N–H and O–H groups in total. The van der Waals surface area contributed by atoms with E-state index >= 15 is 0 Å². The van der Waals surface area contributed by atoms with Gasteiger partial charge in [-0.05, 0) is 34.4 Å². The highest BCUT2D eigenvalue weighted by molar-refractivity contribution is 7.18. The zero-order chi connectivity index (χ0) is 18.6. The quantitative estimate of drug-likeness (QED) is 0.305. The van der Waals surface area contributed by atoms with Gasteiger partial charge in [0.1, 0.15) is 0 Å². The number of pyridine rings is 1. The van der Waals surface area contributed by atoms with Crippen molar-refractivity contribution in [1.82, 2.24) is 4.98 Å². The van der Waals surface area contributed by atoms with Crippen molar-refractivity contribution in [1.29, 1.82) is 0 Å². The summed E-state index contributed by atoms with van der Waals surface area (Å²) in [6, 6.07) is 24.2. The predicted molar refractivity (Wildman–Crippen MR) is 123 cm³/mol. The summed E-state index contributed by atoms with van der Waals surface area (Å²) in [5, 5.41) is 8.90. The fourth-order valence-corrected chi connectivity index (χ4v) is 6.49. The molecule has 0 unspecified atom stereocenters. The summed E-state index contributed by atoms with van der Waals surface area (Å²) in [7, 11) is -1.49. The minimum Gasteiger partial charge on any atom is -0.247 e. The Morgan fingerprint density at radius 1 is 0.778 bits per heavy atom. The van der Waals surface area contributed by atoms with Crippen LogP contribution < -0.4 is 5.19 Å². The predicted octanol–water partition coefficient (Wildman–Crippen LogP) is 6.81. The lowest BCUT2D eigenvalue weighted by Crippen LogP contribution is -2.38. The molecule has 5 aromatic rings. The highest BCUT2D eigenvalue weighted by Crippen LogP contribution is 2.36. The summed E-state index contributed by atoms with van der Waals surface area (Å²) in [6.45, 7) is 7.27. The largest absolute Gasteiger partial charge is 0.247 e. The highest BCUT2D eigenvalue weighted by atomic mass is 32.1. The maximum Gasteiger partial charge on any atom is 0.0796 e. The van der Waals surface area contributed by atoms with E-state index in [0.29, 0.717) is 0 Å². The average molecular weight is 384 g/mol. The number of hydrogen-bond donors (Lipinski definition) is 0. The fraction of sp³-hybridized carbons (Fsp3) is 0.125. The summed E-state index contributed by atoms with van der Waals surface area (Å²) in [4.78, 5) is 5.10. The van der Waals surface area contributed by atoms with Gasteiger partial charge in [-0.3, -0.25) is 0 Å². The number of rotatable bonds is 2. The standard InChI is InChI=1S/C24H21NSSi/c1-27(2,3)22-15-17(14-16-8-4-5-9-18(16)22)23-20-12-13-26-24(20)19-10-6-7-11-21(19)25-23/h4-15H,1-3H3. The first kappa shape index (κ1) is 16.7. The van der Waals surface area contributed by atoms with Gasteiger partial charge in [-0.15, -0.1) is 11.3 Å². The van der Waals surface area contributed by atoms with Gasteiger partial charge in [0.15, 0.2) is 0 Å². The third-order valence-corrected chi connectivity index (χ3v) is 8.22. The van der Waals surface area contributed by atoms with Crippen LogP contribution in [0.15, 0.2) is 72.1 Å². The SMILES string of the molecule is C[Si](C)(C)c1cc(-c2nc3ccccc3c3sccc23)cc2ccccc12. The Morgan fingerprint density at radius 2 is 1.52 bits per heavy atom. The summed E-state index contributed by atoms with van der Waals surface area (Å²) in [5.41, 5.74) is 3.42. The lowest BCUT2D eigenvalue weighted by atomic mass is 10.0. The van der Waals surface area contributed by atoms with Crippen molar-refractivity contribution in [2.45, 2.75) is 19.6 Å². The molecule has 0 aliphatic rings. The third kappa shape index (κ3) is 2.70. The van der Waals surface area contributed by atoms with Gasteiger partial charge in [-0.1, -0.05) is 73.4 Å². The van der Waals surface area contributed by atoms with Crippen LogP contribution in [0.25, 0.3) is 43.0 Å². The molecule has 0 atom stereocenters. The lowest BCUT2D eigenvalue weighted by Gasteiger charge is -2.21. The van der Waals surface area contributed by atoms with Crippen LogP contribution in [0.3, 0.4) is 0 Å². The van der Waals surface area contributed by atoms with E-state index in [-0.39, 0.29) is 0 Å². The molecule has 0 radical (unpaired) electrons. The van der Waals surface area contributed by atoms with Crippen LogP contribution in [0.5, 0.6) is 0 Å². The normalized spacial score (nSPS) is 12.3. The van der Waals surface area contributed by atoms with Crippen LogP contribution >= 0.6 is 11.3 Å². The Labute approximate surface area is 164 Å². The molecule has 132 valence electrons. The van der Waals surface area contributed by atoms with Gasteiger partial charge in [0.25, 0.3) is 0 Å². The zero-order valence-electron chi connectivity index (χ0n) is 15.8. The second-order valence-corrected chi connectivity index (χ2v) is 14.1. The van der Waals surface area contributed by atoms with E-state index in [9.17, 15) is 0 Å². The minimum atomic E-state index is -1.49. The maximum absolute atomic E-state index is 5.10. The molecule has 0 fully saturated rings. The van der Waals surface area contributed by atoms with E-state index < -0.39 is 8.07 Å². The summed E-state index contributed by atoms with van der Waals surface area (Å²) < 4.78 is 1.33. The molecule has 3 heteroatoms. The zero-order valence-corrected chi connectivity index (χ0v) is 17.6. The monoisotopic (exact) mass is 383 g/mol. The molecule has 0 aliphatic carbocycles. The second-order valence-electron chi connectivity index (χ2n) is 8.14. The van der Waals surface area contributed by atoms with Crippen molar-refractivity contribution in [3.05, 3.63) is 72.1 Å². The van der Waals surface area contributed by atoms with E-state index in [0.717, 1.165) is 11.2 Å². The number of benzene rings is 3. The van der Waals surface area contributed by atoms with E-state index in [1.165, 1.54) is 37.0 Å². The molecule has 0 spiro atoms. The number of fused-ring (bicyclic) bond motifs is 4. The topological polar surface area (TPSA) is 12.9 Å². The Balaban J connectivity index is 1.89. The minimum absolute atomic E-state index is 1.07. The Morgan fingerprint density at radius 3 is 2.33 bits per heavy atom. The fourth-order valence-electron chi connectivity index (χ4n) is 3.94. The molecule has 27 heavy (non-hydrogen) atoms. The van der Waals surface area contributed by atoms with Gasteiger partial charge in [0, 0.05) is 21.0 Å². The van der Waals surface area contributed by atoms with Crippen molar-refractivity contribution in [2.24, 2.45) is 0 Å². The first-order valence-corrected chi connectivity index (χ1v) is 13.7. The van der Waals surface area contributed by atoms with Gasteiger partial charge in [-0.25, -0.2) is 4.98 Å². The molecule has 0 aliphatic heterocycles. The lowest BCUT2D eigenvalue weighted by molar-refractivity contribution is 1.44. The maximum atomic E-state index is 5.10. The van der Waals surface area contributed by atoms with Crippen LogP contribution in [-0.2, 0) is 0 Å². The first-order valence-electron chi connectivity index (χ1n) is 9.32. The Bertz CT molecular complexity index is 1310. The molecule has 0 bridgehead atoms. The highest BCUT2D eigenvalue weighted by Gasteiger charge is 2.21. The van der Waals surface area contributed by atoms with Crippen molar-refractivity contribution >= 4 is 56.4 Å². The average Bonchev–Trinajstić information content (AvgIpc) is 3.16. The summed E-state index contributed by atoms with van der Waals surface area (Å²) >= 11 is 1.81. The molecule has 2 aromatic heterocycles. The Kier molecular flexibility index (Phi) is 3.71. The van der Waals surface area contributed by atoms with Crippen LogP contribution in [0.2, 0.25) is 19.6 Å². The molecule has 1 nitrogen and oxygen atoms in total. The smallest absolute Gasteiger partial charge is 0.0796 e.